The van der Waals surface area contributed by atoms with Crippen LogP contribution in [-0.2, 0) is 0 Å². The molecular weight excluding hydrogens is 531 g/mol. The first-order valence-electron chi connectivity index (χ1n) is 12.2. The fourth-order valence-electron chi connectivity index (χ4n) is 4.63. The summed E-state index contributed by atoms with van der Waals surface area (Å²) in [6.07, 6.45) is 3.63. The highest BCUT2D eigenvalue weighted by atomic mass is 35.5. The van der Waals surface area contributed by atoms with E-state index in [0.29, 0.717) is 48.9 Å². The van der Waals surface area contributed by atoms with E-state index in [4.69, 9.17) is 32.0 Å². The minimum atomic E-state index is -0.248. The van der Waals surface area contributed by atoms with Crippen molar-refractivity contribution in [2.24, 2.45) is 0 Å². The molecule has 4 aromatic carbocycles. The lowest BCUT2D eigenvalue weighted by molar-refractivity contribution is 0.100. The zero-order valence-electron chi connectivity index (χ0n) is 20.7. The molecule has 0 aliphatic heterocycles. The van der Waals surface area contributed by atoms with Crippen molar-refractivity contribution in [3.8, 4) is 0 Å². The van der Waals surface area contributed by atoms with E-state index in [1.165, 1.54) is 0 Å². The fourth-order valence-corrected chi connectivity index (χ4v) is 5.10. The number of hydrogen-bond acceptors (Lipinski definition) is 4. The van der Waals surface area contributed by atoms with E-state index in [9.17, 15) is 9.59 Å². The summed E-state index contributed by atoms with van der Waals surface area (Å²) in [7, 11) is 0. The van der Waals surface area contributed by atoms with Crippen molar-refractivity contribution < 1.29 is 18.4 Å². The van der Waals surface area contributed by atoms with Gasteiger partial charge in [0, 0.05) is 49.1 Å². The second-order valence-corrected chi connectivity index (χ2v) is 9.98. The van der Waals surface area contributed by atoms with E-state index < -0.39 is 0 Å². The van der Waals surface area contributed by atoms with Gasteiger partial charge < -0.3 is 8.83 Å². The maximum Gasteiger partial charge on any atom is 0.228 e. The molecule has 39 heavy (non-hydrogen) atoms. The molecule has 0 atom stereocenters. The van der Waals surface area contributed by atoms with Gasteiger partial charge in [0.05, 0.1) is 0 Å². The van der Waals surface area contributed by atoms with Gasteiger partial charge in [-0.15, -0.1) is 0 Å². The molecule has 0 N–H and O–H groups in total. The monoisotopic (exact) mass is 550 g/mol. The third-order valence-corrected chi connectivity index (χ3v) is 7.22. The van der Waals surface area contributed by atoms with Crippen LogP contribution in [0.4, 0.5) is 0 Å². The Morgan fingerprint density at radius 2 is 1.26 bits per heavy atom. The second kappa shape index (κ2) is 10.1. The SMILES string of the molecule is Cc1c(C(=O)c2ccccc2)oc2cc3oc(C(=O)c4ccccc4)c(/C=C/c4ccc(Cl)cc4Cl)c3cc12. The van der Waals surface area contributed by atoms with Gasteiger partial charge in [0.15, 0.2) is 11.5 Å². The molecule has 0 spiro atoms. The molecule has 190 valence electrons. The molecule has 2 aromatic heterocycles. The maximum absolute atomic E-state index is 13.5. The van der Waals surface area contributed by atoms with Crippen molar-refractivity contribution in [1.82, 2.24) is 0 Å². The standard InChI is InChI=1S/C33H20Cl2O4/c1-19-25-17-26-24(15-13-20-12-14-23(34)16-27(20)35)33(31(37)22-10-6-3-7-11-22)39-29(26)18-28(25)38-32(19)30(36)21-8-4-2-5-9-21/h2-18H,1H3/b15-13+. The van der Waals surface area contributed by atoms with Gasteiger partial charge in [0.2, 0.25) is 11.6 Å². The summed E-state index contributed by atoms with van der Waals surface area (Å²) in [5, 5.41) is 2.50. The molecule has 6 rings (SSSR count). The molecule has 0 unspecified atom stereocenters. The Labute approximate surface area is 234 Å². The van der Waals surface area contributed by atoms with Crippen LogP contribution in [0.25, 0.3) is 34.1 Å². The van der Waals surface area contributed by atoms with Gasteiger partial charge in [-0.1, -0.05) is 96.0 Å². The van der Waals surface area contributed by atoms with Gasteiger partial charge in [0.25, 0.3) is 0 Å². The topological polar surface area (TPSA) is 60.4 Å². The number of fused-ring (bicyclic) bond motifs is 2. The highest BCUT2D eigenvalue weighted by molar-refractivity contribution is 6.35. The summed E-state index contributed by atoms with van der Waals surface area (Å²) in [5.41, 5.74) is 4.08. The highest BCUT2D eigenvalue weighted by Crippen LogP contribution is 2.36. The second-order valence-electron chi connectivity index (χ2n) is 9.14. The predicted octanol–water partition coefficient (Wildman–Crippen LogP) is 9.43. The van der Waals surface area contributed by atoms with Crippen LogP contribution in [0, 0.1) is 6.92 Å². The number of benzene rings is 4. The Bertz CT molecular complexity index is 1910. The summed E-state index contributed by atoms with van der Waals surface area (Å²) in [4.78, 5) is 26.7. The average molecular weight is 551 g/mol. The van der Waals surface area contributed by atoms with Crippen molar-refractivity contribution in [2.75, 3.05) is 0 Å². The molecule has 0 saturated carbocycles. The average Bonchev–Trinajstić information content (AvgIpc) is 3.48. The maximum atomic E-state index is 13.5. The Morgan fingerprint density at radius 1 is 0.667 bits per heavy atom. The molecule has 0 amide bonds. The largest absolute Gasteiger partial charge is 0.452 e. The number of carbonyl (C=O) groups is 2. The molecule has 6 aromatic rings. The van der Waals surface area contributed by atoms with Gasteiger partial charge in [-0.2, -0.15) is 0 Å². The summed E-state index contributed by atoms with van der Waals surface area (Å²) >= 11 is 12.5. The Hall–Kier alpha value is -4.38. The van der Waals surface area contributed by atoms with Gasteiger partial charge >= 0.3 is 0 Å². The summed E-state index contributed by atoms with van der Waals surface area (Å²) in [6, 6.07) is 26.8. The van der Waals surface area contributed by atoms with Gasteiger partial charge in [-0.25, -0.2) is 0 Å². The van der Waals surface area contributed by atoms with E-state index in [1.54, 1.807) is 54.6 Å². The van der Waals surface area contributed by atoms with E-state index in [0.717, 1.165) is 10.9 Å². The first-order valence-corrected chi connectivity index (χ1v) is 13.0. The molecule has 0 bridgehead atoms. The van der Waals surface area contributed by atoms with Crippen molar-refractivity contribution >= 4 is 68.9 Å². The van der Waals surface area contributed by atoms with Crippen molar-refractivity contribution in [2.45, 2.75) is 6.92 Å². The molecule has 4 nitrogen and oxygen atoms in total. The normalized spacial score (nSPS) is 11.6. The Balaban J connectivity index is 1.53. The van der Waals surface area contributed by atoms with Crippen LogP contribution in [0.3, 0.4) is 0 Å². The summed E-state index contributed by atoms with van der Waals surface area (Å²) < 4.78 is 12.2. The number of ketones is 2. The van der Waals surface area contributed by atoms with Crippen molar-refractivity contribution in [1.29, 1.82) is 0 Å². The summed E-state index contributed by atoms with van der Waals surface area (Å²) in [5.74, 6) is 0.0261. The van der Waals surface area contributed by atoms with Gasteiger partial charge in [-0.05, 0) is 36.8 Å². The van der Waals surface area contributed by atoms with Gasteiger partial charge in [0.1, 0.15) is 11.2 Å². The van der Waals surface area contributed by atoms with Crippen LogP contribution in [0.15, 0.2) is 99.8 Å². The zero-order chi connectivity index (χ0) is 27.1. The number of carbonyl (C=O) groups excluding carboxylic acids is 2. The smallest absolute Gasteiger partial charge is 0.228 e. The molecule has 2 heterocycles. The molecular formula is C33H20Cl2O4. The predicted molar refractivity (Wildman–Crippen MR) is 156 cm³/mol. The molecule has 0 aliphatic carbocycles. The first kappa shape index (κ1) is 24.9. The molecule has 0 aliphatic rings. The van der Waals surface area contributed by atoms with Crippen LogP contribution in [0.5, 0.6) is 0 Å². The third-order valence-electron chi connectivity index (χ3n) is 6.66. The van der Waals surface area contributed by atoms with E-state index in [-0.39, 0.29) is 23.1 Å². The van der Waals surface area contributed by atoms with Crippen LogP contribution in [-0.4, -0.2) is 11.6 Å². The molecule has 0 saturated heterocycles. The number of rotatable bonds is 6. The van der Waals surface area contributed by atoms with Crippen molar-refractivity contribution in [3.63, 3.8) is 0 Å². The minimum absolute atomic E-state index is 0.196. The number of hydrogen-bond donors (Lipinski definition) is 0. The number of aryl methyl sites for hydroxylation is 1. The molecule has 0 fully saturated rings. The van der Waals surface area contributed by atoms with Crippen LogP contribution >= 0.6 is 23.2 Å². The van der Waals surface area contributed by atoms with E-state index >= 15 is 0 Å². The van der Waals surface area contributed by atoms with Crippen LogP contribution < -0.4 is 0 Å². The summed E-state index contributed by atoms with van der Waals surface area (Å²) in [6.45, 7) is 1.85. The lowest BCUT2D eigenvalue weighted by Gasteiger charge is -2.01. The highest BCUT2D eigenvalue weighted by Gasteiger charge is 2.24. The lowest BCUT2D eigenvalue weighted by atomic mass is 10.0. The van der Waals surface area contributed by atoms with Crippen LogP contribution in [0.1, 0.15) is 48.9 Å². The van der Waals surface area contributed by atoms with Gasteiger partial charge in [-0.3, -0.25) is 9.59 Å². The minimum Gasteiger partial charge on any atom is -0.452 e. The van der Waals surface area contributed by atoms with E-state index in [1.807, 2.05) is 55.5 Å². The van der Waals surface area contributed by atoms with Crippen molar-refractivity contribution in [3.05, 3.63) is 140 Å². The van der Waals surface area contributed by atoms with E-state index in [2.05, 4.69) is 0 Å². The Morgan fingerprint density at radius 3 is 1.90 bits per heavy atom. The molecule has 0 radical (unpaired) electrons. The molecule has 6 heteroatoms. The first-order chi connectivity index (χ1) is 18.9. The third kappa shape index (κ3) is 4.59. The zero-order valence-corrected chi connectivity index (χ0v) is 22.2. The number of halogens is 2. The number of furan rings is 2. The Kier molecular flexibility index (Phi) is 6.43. The quantitative estimate of drug-likeness (QED) is 0.194. The lowest BCUT2D eigenvalue weighted by Crippen LogP contribution is -2.01. The van der Waals surface area contributed by atoms with Crippen LogP contribution in [0.2, 0.25) is 10.0 Å². The fraction of sp³-hybridized carbons (Fsp3) is 0.0303.